The summed E-state index contributed by atoms with van der Waals surface area (Å²) in [5.74, 6) is 1.73. The van der Waals surface area contributed by atoms with Crippen LogP contribution in [0.1, 0.15) is 31.5 Å². The summed E-state index contributed by atoms with van der Waals surface area (Å²) in [6.45, 7) is 3.03. The standard InChI is InChI=1S/C15H22N4/c1-10-18-14-7-6-13(8-15(14)19-10)17-9-11-2-4-12(16)5-3-11/h6-8,11-12,17H,2-5,9,16H2,1H3,(H,18,19). The third-order valence-electron chi connectivity index (χ3n) is 4.09. The van der Waals surface area contributed by atoms with E-state index in [-0.39, 0.29) is 0 Å². The van der Waals surface area contributed by atoms with Crippen LogP contribution < -0.4 is 11.1 Å². The first-order valence-corrected chi connectivity index (χ1v) is 7.16. The first kappa shape index (κ1) is 12.5. The van der Waals surface area contributed by atoms with Gasteiger partial charge in [0.05, 0.1) is 11.0 Å². The van der Waals surface area contributed by atoms with Crippen LogP contribution in [-0.4, -0.2) is 22.6 Å². The molecule has 0 spiro atoms. The molecule has 0 amide bonds. The zero-order valence-electron chi connectivity index (χ0n) is 11.4. The monoisotopic (exact) mass is 258 g/mol. The van der Waals surface area contributed by atoms with Crippen molar-refractivity contribution >= 4 is 16.7 Å². The van der Waals surface area contributed by atoms with Gasteiger partial charge in [0.15, 0.2) is 0 Å². The predicted molar refractivity (Wildman–Crippen MR) is 79.3 cm³/mol. The van der Waals surface area contributed by atoms with Gasteiger partial charge in [0, 0.05) is 18.3 Å². The second kappa shape index (κ2) is 5.21. The van der Waals surface area contributed by atoms with Crippen LogP contribution >= 0.6 is 0 Å². The normalized spacial score (nSPS) is 23.7. The minimum Gasteiger partial charge on any atom is -0.385 e. The zero-order chi connectivity index (χ0) is 13.2. The van der Waals surface area contributed by atoms with Crippen LogP contribution in [0.3, 0.4) is 0 Å². The van der Waals surface area contributed by atoms with Gasteiger partial charge in [-0.2, -0.15) is 0 Å². The van der Waals surface area contributed by atoms with Gasteiger partial charge in [0.1, 0.15) is 5.82 Å². The van der Waals surface area contributed by atoms with E-state index in [2.05, 4.69) is 33.5 Å². The first-order valence-electron chi connectivity index (χ1n) is 7.16. The Morgan fingerprint density at radius 1 is 1.32 bits per heavy atom. The number of hydrogen-bond acceptors (Lipinski definition) is 3. The van der Waals surface area contributed by atoms with E-state index in [1.54, 1.807) is 0 Å². The maximum absolute atomic E-state index is 5.94. The Balaban J connectivity index is 1.61. The fourth-order valence-corrected chi connectivity index (χ4v) is 2.90. The fourth-order valence-electron chi connectivity index (χ4n) is 2.90. The van der Waals surface area contributed by atoms with Crippen molar-refractivity contribution in [3.63, 3.8) is 0 Å². The molecule has 1 saturated carbocycles. The molecule has 3 rings (SSSR count). The number of imidazole rings is 1. The molecule has 0 aliphatic heterocycles. The number of aryl methyl sites for hydroxylation is 1. The minimum atomic E-state index is 0.431. The summed E-state index contributed by atoms with van der Waals surface area (Å²) in [7, 11) is 0. The number of hydrogen-bond donors (Lipinski definition) is 3. The van der Waals surface area contributed by atoms with E-state index in [0.29, 0.717) is 6.04 Å². The van der Waals surface area contributed by atoms with Gasteiger partial charge in [-0.1, -0.05) is 0 Å². The molecule has 1 aromatic carbocycles. The number of H-pyrrole nitrogens is 1. The van der Waals surface area contributed by atoms with E-state index in [0.717, 1.165) is 29.3 Å². The summed E-state index contributed by atoms with van der Waals surface area (Å²) < 4.78 is 0. The molecule has 102 valence electrons. The molecule has 4 heteroatoms. The molecular formula is C15H22N4. The minimum absolute atomic E-state index is 0.431. The van der Waals surface area contributed by atoms with E-state index in [9.17, 15) is 0 Å². The lowest BCUT2D eigenvalue weighted by Crippen LogP contribution is -2.29. The number of aromatic amines is 1. The highest BCUT2D eigenvalue weighted by atomic mass is 14.9. The zero-order valence-corrected chi connectivity index (χ0v) is 11.4. The molecule has 1 aliphatic rings. The lowest BCUT2D eigenvalue weighted by molar-refractivity contribution is 0.339. The van der Waals surface area contributed by atoms with E-state index in [1.165, 1.54) is 31.4 Å². The van der Waals surface area contributed by atoms with Crippen molar-refractivity contribution in [2.75, 3.05) is 11.9 Å². The van der Waals surface area contributed by atoms with Crippen LogP contribution in [0.15, 0.2) is 18.2 Å². The molecule has 1 aromatic heterocycles. The first-order chi connectivity index (χ1) is 9.20. The van der Waals surface area contributed by atoms with Crippen LogP contribution in [0.4, 0.5) is 5.69 Å². The van der Waals surface area contributed by atoms with E-state index >= 15 is 0 Å². The second-order valence-electron chi connectivity index (χ2n) is 5.72. The van der Waals surface area contributed by atoms with Crippen molar-refractivity contribution in [1.82, 2.24) is 9.97 Å². The molecule has 0 radical (unpaired) electrons. The summed E-state index contributed by atoms with van der Waals surface area (Å²) in [5.41, 5.74) is 9.25. The van der Waals surface area contributed by atoms with Crippen LogP contribution in [-0.2, 0) is 0 Å². The van der Waals surface area contributed by atoms with E-state index in [4.69, 9.17) is 5.73 Å². The highest BCUT2D eigenvalue weighted by Gasteiger charge is 2.18. The van der Waals surface area contributed by atoms with Gasteiger partial charge in [-0.25, -0.2) is 4.98 Å². The van der Waals surface area contributed by atoms with Gasteiger partial charge in [-0.05, 0) is 56.7 Å². The third kappa shape index (κ3) is 2.89. The summed E-state index contributed by atoms with van der Waals surface area (Å²) in [6.07, 6.45) is 4.84. The Bertz CT molecular complexity index is 552. The van der Waals surface area contributed by atoms with Crippen molar-refractivity contribution in [2.24, 2.45) is 11.7 Å². The molecular weight excluding hydrogens is 236 g/mol. The number of fused-ring (bicyclic) bond motifs is 1. The molecule has 4 N–H and O–H groups in total. The largest absolute Gasteiger partial charge is 0.385 e. The second-order valence-corrected chi connectivity index (χ2v) is 5.72. The number of rotatable bonds is 3. The molecule has 19 heavy (non-hydrogen) atoms. The Hall–Kier alpha value is -1.55. The molecule has 4 nitrogen and oxygen atoms in total. The van der Waals surface area contributed by atoms with Crippen LogP contribution in [0.25, 0.3) is 11.0 Å². The highest BCUT2D eigenvalue weighted by molar-refractivity contribution is 5.79. The number of aromatic nitrogens is 2. The average molecular weight is 258 g/mol. The van der Waals surface area contributed by atoms with Gasteiger partial charge in [-0.3, -0.25) is 0 Å². The maximum atomic E-state index is 5.94. The smallest absolute Gasteiger partial charge is 0.104 e. The summed E-state index contributed by atoms with van der Waals surface area (Å²) >= 11 is 0. The predicted octanol–water partition coefficient (Wildman–Crippen LogP) is 2.80. The summed E-state index contributed by atoms with van der Waals surface area (Å²) in [4.78, 5) is 7.69. The maximum Gasteiger partial charge on any atom is 0.104 e. The van der Waals surface area contributed by atoms with Gasteiger partial charge < -0.3 is 16.0 Å². The fraction of sp³-hybridized carbons (Fsp3) is 0.533. The lowest BCUT2D eigenvalue weighted by atomic mass is 9.86. The molecule has 2 aromatic rings. The number of benzene rings is 1. The Kier molecular flexibility index (Phi) is 3.42. The number of nitrogens with one attached hydrogen (secondary N) is 2. The average Bonchev–Trinajstić information content (AvgIpc) is 2.77. The van der Waals surface area contributed by atoms with Crippen molar-refractivity contribution in [3.8, 4) is 0 Å². The third-order valence-corrected chi connectivity index (χ3v) is 4.09. The molecule has 1 aliphatic carbocycles. The Morgan fingerprint density at radius 3 is 2.89 bits per heavy atom. The summed E-state index contributed by atoms with van der Waals surface area (Å²) in [5, 5.41) is 3.54. The van der Waals surface area contributed by atoms with Crippen molar-refractivity contribution in [3.05, 3.63) is 24.0 Å². The summed E-state index contributed by atoms with van der Waals surface area (Å²) in [6, 6.07) is 6.75. The van der Waals surface area contributed by atoms with Crippen LogP contribution in [0.2, 0.25) is 0 Å². The van der Waals surface area contributed by atoms with Crippen molar-refractivity contribution in [2.45, 2.75) is 38.6 Å². The molecule has 0 unspecified atom stereocenters. The number of anilines is 1. The van der Waals surface area contributed by atoms with Crippen molar-refractivity contribution in [1.29, 1.82) is 0 Å². The SMILES string of the molecule is Cc1nc2ccc(NCC3CCC(N)CC3)cc2[nH]1. The molecule has 0 bridgehead atoms. The van der Waals surface area contributed by atoms with E-state index in [1.807, 2.05) is 6.92 Å². The van der Waals surface area contributed by atoms with Crippen molar-refractivity contribution < 1.29 is 0 Å². The van der Waals surface area contributed by atoms with Gasteiger partial charge in [0.25, 0.3) is 0 Å². The van der Waals surface area contributed by atoms with Crippen LogP contribution in [0, 0.1) is 12.8 Å². The molecule has 1 heterocycles. The number of nitrogens with zero attached hydrogens (tertiary/aromatic N) is 1. The Morgan fingerprint density at radius 2 is 2.11 bits per heavy atom. The van der Waals surface area contributed by atoms with Crippen LogP contribution in [0.5, 0.6) is 0 Å². The Labute approximate surface area is 113 Å². The quantitative estimate of drug-likeness (QED) is 0.793. The highest BCUT2D eigenvalue weighted by Crippen LogP contribution is 2.24. The topological polar surface area (TPSA) is 66.7 Å². The molecule has 0 saturated heterocycles. The number of nitrogens with two attached hydrogens (primary N) is 1. The van der Waals surface area contributed by atoms with E-state index < -0.39 is 0 Å². The van der Waals surface area contributed by atoms with Gasteiger partial charge in [0.2, 0.25) is 0 Å². The van der Waals surface area contributed by atoms with Gasteiger partial charge in [-0.15, -0.1) is 0 Å². The van der Waals surface area contributed by atoms with Gasteiger partial charge >= 0.3 is 0 Å². The molecule has 1 fully saturated rings. The molecule has 0 atom stereocenters. The lowest BCUT2D eigenvalue weighted by Gasteiger charge is -2.26.